The van der Waals surface area contributed by atoms with Gasteiger partial charge in [-0.25, -0.2) is 4.68 Å². The number of amides is 1. The lowest BCUT2D eigenvalue weighted by molar-refractivity contribution is -0.117. The van der Waals surface area contributed by atoms with E-state index in [1.165, 1.54) is 0 Å². The van der Waals surface area contributed by atoms with Gasteiger partial charge in [0.15, 0.2) is 0 Å². The van der Waals surface area contributed by atoms with Gasteiger partial charge in [0, 0.05) is 51.9 Å². The van der Waals surface area contributed by atoms with Gasteiger partial charge in [-0.1, -0.05) is 0 Å². The Hall–Kier alpha value is -1.44. The quantitative estimate of drug-likeness (QED) is 0.802. The molecule has 1 aliphatic rings. The standard InChI is InChI=1S/C15H27N5O2/c1-13(2)20-14(4-5-16-20)17-15(21)12-19-8-6-18(7-9-19)10-11-22-3/h4-5,13H,6-12H2,1-3H3,(H,17,21). The van der Waals surface area contributed by atoms with Crippen LogP contribution in [0.5, 0.6) is 0 Å². The maximum Gasteiger partial charge on any atom is 0.239 e. The molecule has 1 aromatic heterocycles. The number of anilines is 1. The molecule has 7 heteroatoms. The lowest BCUT2D eigenvalue weighted by atomic mass is 10.3. The zero-order chi connectivity index (χ0) is 15.9. The van der Waals surface area contributed by atoms with Crippen LogP contribution in [-0.4, -0.2) is 78.5 Å². The van der Waals surface area contributed by atoms with Crippen molar-refractivity contribution in [1.82, 2.24) is 19.6 Å². The maximum absolute atomic E-state index is 12.2. The van der Waals surface area contributed by atoms with Crippen molar-refractivity contribution in [3.8, 4) is 0 Å². The molecule has 0 aromatic carbocycles. The van der Waals surface area contributed by atoms with E-state index in [2.05, 4.69) is 20.2 Å². The summed E-state index contributed by atoms with van der Waals surface area (Å²) in [7, 11) is 1.72. The predicted octanol–water partition coefficient (Wildman–Crippen LogP) is 0.667. The first kappa shape index (κ1) is 16.9. The number of carbonyl (C=O) groups excluding carboxylic acids is 1. The highest BCUT2D eigenvalue weighted by Crippen LogP contribution is 2.13. The minimum atomic E-state index is 0.0211. The highest BCUT2D eigenvalue weighted by Gasteiger charge is 2.19. The number of ether oxygens (including phenoxy) is 1. The van der Waals surface area contributed by atoms with Crippen molar-refractivity contribution < 1.29 is 9.53 Å². The van der Waals surface area contributed by atoms with E-state index >= 15 is 0 Å². The summed E-state index contributed by atoms with van der Waals surface area (Å²) in [6.45, 7) is 10.1. The number of carbonyl (C=O) groups is 1. The second kappa shape index (κ2) is 8.26. The third-order valence-electron chi connectivity index (χ3n) is 3.87. The largest absolute Gasteiger partial charge is 0.383 e. The Balaban J connectivity index is 1.75. The Kier molecular flexibility index (Phi) is 6.35. The predicted molar refractivity (Wildman–Crippen MR) is 86.0 cm³/mol. The van der Waals surface area contributed by atoms with Gasteiger partial charge in [0.05, 0.1) is 19.3 Å². The SMILES string of the molecule is COCCN1CCN(CC(=O)Nc2ccnn2C(C)C)CC1. The number of nitrogens with one attached hydrogen (secondary N) is 1. The molecule has 2 rings (SSSR count). The van der Waals surface area contributed by atoms with Crippen molar-refractivity contribution in [3.63, 3.8) is 0 Å². The van der Waals surface area contributed by atoms with E-state index in [1.807, 2.05) is 24.6 Å². The van der Waals surface area contributed by atoms with E-state index in [1.54, 1.807) is 13.3 Å². The number of methoxy groups -OCH3 is 1. The molecule has 1 amide bonds. The van der Waals surface area contributed by atoms with Crippen LogP contribution in [0.2, 0.25) is 0 Å². The Morgan fingerprint density at radius 1 is 1.32 bits per heavy atom. The lowest BCUT2D eigenvalue weighted by Gasteiger charge is -2.34. The zero-order valence-electron chi connectivity index (χ0n) is 13.8. The van der Waals surface area contributed by atoms with Gasteiger partial charge in [-0.15, -0.1) is 0 Å². The van der Waals surface area contributed by atoms with Gasteiger partial charge in [0.25, 0.3) is 0 Å². The van der Waals surface area contributed by atoms with Gasteiger partial charge in [-0.2, -0.15) is 5.10 Å². The van der Waals surface area contributed by atoms with E-state index in [0.29, 0.717) is 6.54 Å². The summed E-state index contributed by atoms with van der Waals surface area (Å²) in [5.74, 6) is 0.784. The van der Waals surface area contributed by atoms with E-state index in [0.717, 1.165) is 45.1 Å². The minimum Gasteiger partial charge on any atom is -0.383 e. The van der Waals surface area contributed by atoms with E-state index in [4.69, 9.17) is 4.74 Å². The van der Waals surface area contributed by atoms with Crippen molar-refractivity contribution in [3.05, 3.63) is 12.3 Å². The molecule has 1 saturated heterocycles. The fourth-order valence-electron chi connectivity index (χ4n) is 2.60. The summed E-state index contributed by atoms with van der Waals surface area (Å²) in [5, 5.41) is 7.17. The van der Waals surface area contributed by atoms with Crippen LogP contribution in [0, 0.1) is 0 Å². The van der Waals surface area contributed by atoms with Gasteiger partial charge in [-0.3, -0.25) is 14.6 Å². The molecule has 2 heterocycles. The average molecular weight is 309 g/mol. The first-order valence-electron chi connectivity index (χ1n) is 7.87. The minimum absolute atomic E-state index is 0.0211. The molecular formula is C15H27N5O2. The van der Waals surface area contributed by atoms with Gasteiger partial charge in [0.2, 0.25) is 5.91 Å². The summed E-state index contributed by atoms with van der Waals surface area (Å²) in [6, 6.07) is 2.07. The van der Waals surface area contributed by atoms with Crippen LogP contribution < -0.4 is 5.32 Å². The molecular weight excluding hydrogens is 282 g/mol. The van der Waals surface area contributed by atoms with Crippen LogP contribution in [0.3, 0.4) is 0 Å². The molecule has 0 saturated carbocycles. The van der Waals surface area contributed by atoms with Gasteiger partial charge >= 0.3 is 0 Å². The fourth-order valence-corrected chi connectivity index (χ4v) is 2.60. The Morgan fingerprint density at radius 3 is 2.64 bits per heavy atom. The normalized spacial score (nSPS) is 17.1. The van der Waals surface area contributed by atoms with E-state index in [9.17, 15) is 4.79 Å². The summed E-state index contributed by atoms with van der Waals surface area (Å²) < 4.78 is 6.92. The van der Waals surface area contributed by atoms with Gasteiger partial charge in [-0.05, 0) is 13.8 Å². The Labute approximate surface area is 132 Å². The third-order valence-corrected chi connectivity index (χ3v) is 3.87. The van der Waals surface area contributed by atoms with Crippen LogP contribution in [0.4, 0.5) is 5.82 Å². The van der Waals surface area contributed by atoms with Crippen LogP contribution in [-0.2, 0) is 9.53 Å². The second-order valence-electron chi connectivity index (χ2n) is 5.91. The molecule has 0 radical (unpaired) electrons. The summed E-state index contributed by atoms with van der Waals surface area (Å²) >= 11 is 0. The zero-order valence-corrected chi connectivity index (χ0v) is 13.8. The molecule has 1 aliphatic heterocycles. The topological polar surface area (TPSA) is 62.6 Å². The fraction of sp³-hybridized carbons (Fsp3) is 0.733. The summed E-state index contributed by atoms with van der Waals surface area (Å²) in [5.41, 5.74) is 0. The highest BCUT2D eigenvalue weighted by molar-refractivity contribution is 5.91. The first-order valence-corrected chi connectivity index (χ1v) is 7.87. The molecule has 1 aromatic rings. The van der Waals surface area contributed by atoms with Crippen LogP contribution in [0.1, 0.15) is 19.9 Å². The van der Waals surface area contributed by atoms with Crippen molar-refractivity contribution in [1.29, 1.82) is 0 Å². The second-order valence-corrected chi connectivity index (χ2v) is 5.91. The van der Waals surface area contributed by atoms with E-state index < -0.39 is 0 Å². The maximum atomic E-state index is 12.2. The third kappa shape index (κ3) is 4.79. The van der Waals surface area contributed by atoms with Crippen molar-refractivity contribution >= 4 is 11.7 Å². The highest BCUT2D eigenvalue weighted by atomic mass is 16.5. The van der Waals surface area contributed by atoms with Crippen molar-refractivity contribution in [2.45, 2.75) is 19.9 Å². The molecule has 0 bridgehead atoms. The van der Waals surface area contributed by atoms with Crippen LogP contribution >= 0.6 is 0 Å². The van der Waals surface area contributed by atoms with E-state index in [-0.39, 0.29) is 11.9 Å². The molecule has 0 spiro atoms. The monoisotopic (exact) mass is 309 g/mol. The van der Waals surface area contributed by atoms with Crippen LogP contribution in [0.25, 0.3) is 0 Å². The van der Waals surface area contributed by atoms with Crippen molar-refractivity contribution in [2.24, 2.45) is 0 Å². The summed E-state index contributed by atoms with van der Waals surface area (Å²) in [4.78, 5) is 16.7. The van der Waals surface area contributed by atoms with Gasteiger partial charge in [0.1, 0.15) is 5.82 Å². The number of aromatic nitrogens is 2. The summed E-state index contributed by atoms with van der Waals surface area (Å²) in [6.07, 6.45) is 1.71. The van der Waals surface area contributed by atoms with Crippen molar-refractivity contribution in [2.75, 3.05) is 58.3 Å². The molecule has 124 valence electrons. The molecule has 0 atom stereocenters. The number of hydrogen-bond acceptors (Lipinski definition) is 5. The molecule has 0 aliphatic carbocycles. The number of nitrogens with zero attached hydrogens (tertiary/aromatic N) is 4. The molecule has 22 heavy (non-hydrogen) atoms. The van der Waals surface area contributed by atoms with Crippen LogP contribution in [0.15, 0.2) is 12.3 Å². The number of rotatable bonds is 7. The number of piperazine rings is 1. The molecule has 0 unspecified atom stereocenters. The van der Waals surface area contributed by atoms with Gasteiger partial charge < -0.3 is 10.1 Å². The average Bonchev–Trinajstić information content (AvgIpc) is 2.94. The molecule has 1 fully saturated rings. The molecule has 7 nitrogen and oxygen atoms in total. The lowest BCUT2D eigenvalue weighted by Crippen LogP contribution is -2.49. The Morgan fingerprint density at radius 2 is 2.00 bits per heavy atom. The first-order chi connectivity index (χ1) is 10.6. The molecule has 1 N–H and O–H groups in total. The number of hydrogen-bond donors (Lipinski definition) is 1. The smallest absolute Gasteiger partial charge is 0.239 e. The Bertz CT molecular complexity index is 466.